The van der Waals surface area contributed by atoms with Crippen molar-refractivity contribution >= 4 is 9.52 Å². The van der Waals surface area contributed by atoms with Crippen LogP contribution in [0.25, 0.3) is 0 Å². The lowest BCUT2D eigenvalue weighted by atomic mass is 10.1. The lowest BCUT2D eigenvalue weighted by Gasteiger charge is -2.12. The van der Waals surface area contributed by atoms with Crippen LogP contribution in [0.5, 0.6) is 0 Å². The molecular formula is C20H44Si. The second-order valence-corrected chi connectivity index (χ2v) is 9.53. The van der Waals surface area contributed by atoms with Gasteiger partial charge in [-0.1, -0.05) is 129 Å². The van der Waals surface area contributed by atoms with Crippen LogP contribution >= 0.6 is 0 Å². The highest BCUT2D eigenvalue weighted by Crippen LogP contribution is 2.19. The van der Waals surface area contributed by atoms with Gasteiger partial charge in [-0.05, 0) is 0 Å². The molecule has 0 aliphatic heterocycles. The molecule has 0 N–H and O–H groups in total. The molecule has 0 aliphatic rings. The Labute approximate surface area is 138 Å². The summed E-state index contributed by atoms with van der Waals surface area (Å²) in [6.07, 6.45) is 22.2. The minimum Gasteiger partial charge on any atom is -0.0654 e. The van der Waals surface area contributed by atoms with Gasteiger partial charge in [0, 0.05) is 9.52 Å². The minimum atomic E-state index is 0.256. The summed E-state index contributed by atoms with van der Waals surface area (Å²) < 4.78 is 0. The van der Waals surface area contributed by atoms with E-state index in [2.05, 4.69) is 20.8 Å². The number of hydrogen-bond donors (Lipinski definition) is 0. The van der Waals surface area contributed by atoms with Crippen molar-refractivity contribution < 1.29 is 0 Å². The summed E-state index contributed by atoms with van der Waals surface area (Å²) in [6, 6.07) is 1.62. The van der Waals surface area contributed by atoms with Crippen molar-refractivity contribution in [3.63, 3.8) is 0 Å². The Morgan fingerprint density at radius 3 is 1.48 bits per heavy atom. The molecule has 0 aliphatic carbocycles. The van der Waals surface area contributed by atoms with Gasteiger partial charge in [-0.3, -0.25) is 0 Å². The molecule has 1 atom stereocenters. The Balaban J connectivity index is 3.08. The van der Waals surface area contributed by atoms with E-state index < -0.39 is 0 Å². The van der Waals surface area contributed by atoms with Gasteiger partial charge in [-0.2, -0.15) is 0 Å². The average Bonchev–Trinajstić information content (AvgIpc) is 2.50. The first-order chi connectivity index (χ1) is 10.3. The van der Waals surface area contributed by atoms with Crippen molar-refractivity contribution in [2.45, 2.75) is 129 Å². The Hall–Kier alpha value is 0.217. The zero-order valence-electron chi connectivity index (χ0n) is 15.6. The molecule has 1 heteroatoms. The van der Waals surface area contributed by atoms with E-state index in [9.17, 15) is 0 Å². The van der Waals surface area contributed by atoms with Gasteiger partial charge >= 0.3 is 0 Å². The fourth-order valence-corrected chi connectivity index (χ4v) is 5.74. The second kappa shape index (κ2) is 18.3. The summed E-state index contributed by atoms with van der Waals surface area (Å²) in [7, 11) is 0.256. The van der Waals surface area contributed by atoms with E-state index in [4.69, 9.17) is 0 Å². The molecule has 0 aromatic rings. The van der Waals surface area contributed by atoms with Crippen molar-refractivity contribution in [3.8, 4) is 0 Å². The molecule has 0 rings (SSSR count). The van der Waals surface area contributed by atoms with E-state index in [0.29, 0.717) is 0 Å². The molecule has 0 saturated carbocycles. The molecule has 0 radical (unpaired) electrons. The molecule has 0 aromatic heterocycles. The molecule has 1 unspecified atom stereocenters. The van der Waals surface area contributed by atoms with E-state index in [1.807, 2.05) is 0 Å². The lowest BCUT2D eigenvalue weighted by Crippen LogP contribution is -2.02. The summed E-state index contributed by atoms with van der Waals surface area (Å²) in [5, 5.41) is 0. The van der Waals surface area contributed by atoms with Crippen LogP contribution in [0, 0.1) is 0 Å². The first kappa shape index (κ1) is 21.2. The smallest absolute Gasteiger partial charge is 0.0231 e. The van der Waals surface area contributed by atoms with Crippen molar-refractivity contribution in [1.82, 2.24) is 0 Å². The van der Waals surface area contributed by atoms with E-state index in [1.54, 1.807) is 12.5 Å². The number of unbranched alkanes of at least 4 members (excludes halogenated alkanes) is 11. The Kier molecular flexibility index (Phi) is 18.5. The van der Waals surface area contributed by atoms with E-state index in [0.717, 1.165) is 5.54 Å². The third-order valence-corrected chi connectivity index (χ3v) is 7.70. The maximum atomic E-state index is 2.40. The van der Waals surface area contributed by atoms with Crippen LogP contribution in [0.3, 0.4) is 0 Å². The highest BCUT2D eigenvalue weighted by molar-refractivity contribution is 6.37. The van der Waals surface area contributed by atoms with Gasteiger partial charge < -0.3 is 0 Å². The first-order valence-electron chi connectivity index (χ1n) is 10.3. The predicted molar refractivity (Wildman–Crippen MR) is 103 cm³/mol. The lowest BCUT2D eigenvalue weighted by molar-refractivity contribution is 0.547. The van der Waals surface area contributed by atoms with E-state index >= 15 is 0 Å². The van der Waals surface area contributed by atoms with Crippen LogP contribution in [-0.4, -0.2) is 9.52 Å². The van der Waals surface area contributed by atoms with Crippen molar-refractivity contribution in [1.29, 1.82) is 0 Å². The molecule has 0 nitrogen and oxygen atoms in total. The van der Waals surface area contributed by atoms with E-state index in [-0.39, 0.29) is 9.52 Å². The Morgan fingerprint density at radius 2 is 1.05 bits per heavy atom. The zero-order chi connectivity index (χ0) is 15.6. The minimum absolute atomic E-state index is 0.256. The number of hydrogen-bond acceptors (Lipinski definition) is 0. The highest BCUT2D eigenvalue weighted by atomic mass is 28.2. The van der Waals surface area contributed by atoms with Crippen LogP contribution in [0.1, 0.15) is 117 Å². The Morgan fingerprint density at radius 1 is 0.571 bits per heavy atom. The van der Waals surface area contributed by atoms with Gasteiger partial charge in [0.2, 0.25) is 0 Å². The van der Waals surface area contributed by atoms with Gasteiger partial charge in [-0.15, -0.1) is 0 Å². The van der Waals surface area contributed by atoms with Gasteiger partial charge in [0.05, 0.1) is 0 Å². The molecule has 21 heavy (non-hydrogen) atoms. The summed E-state index contributed by atoms with van der Waals surface area (Å²) >= 11 is 0. The summed E-state index contributed by atoms with van der Waals surface area (Å²) in [4.78, 5) is 0. The SMILES string of the molecule is CCCCCCCCCCCCCC[SiH2]C(CC)CCC. The van der Waals surface area contributed by atoms with E-state index in [1.165, 1.54) is 89.9 Å². The molecule has 0 bridgehead atoms. The summed E-state index contributed by atoms with van der Waals surface area (Å²) in [5.74, 6) is 0. The Bertz CT molecular complexity index is 179. The normalized spacial score (nSPS) is 13.3. The topological polar surface area (TPSA) is 0 Å². The van der Waals surface area contributed by atoms with Crippen molar-refractivity contribution in [3.05, 3.63) is 0 Å². The maximum Gasteiger partial charge on any atom is 0.0231 e. The highest BCUT2D eigenvalue weighted by Gasteiger charge is 2.04. The third kappa shape index (κ3) is 16.4. The molecule has 0 spiro atoms. The van der Waals surface area contributed by atoms with Crippen LogP contribution in [-0.2, 0) is 0 Å². The third-order valence-electron chi connectivity index (χ3n) is 4.99. The summed E-state index contributed by atoms with van der Waals surface area (Å²) in [6.45, 7) is 7.05. The van der Waals surface area contributed by atoms with Gasteiger partial charge in [0.15, 0.2) is 0 Å². The molecule has 0 heterocycles. The molecule has 128 valence electrons. The quantitative estimate of drug-likeness (QED) is 0.196. The first-order valence-corrected chi connectivity index (χ1v) is 12.2. The monoisotopic (exact) mass is 312 g/mol. The molecular weight excluding hydrogens is 268 g/mol. The van der Waals surface area contributed by atoms with Crippen LogP contribution < -0.4 is 0 Å². The molecule has 0 saturated heterocycles. The second-order valence-electron chi connectivity index (χ2n) is 7.09. The largest absolute Gasteiger partial charge is 0.0654 e. The van der Waals surface area contributed by atoms with Crippen LogP contribution in [0.2, 0.25) is 11.6 Å². The van der Waals surface area contributed by atoms with Gasteiger partial charge in [0.1, 0.15) is 0 Å². The molecule has 0 fully saturated rings. The predicted octanol–water partition coefficient (Wildman–Crippen LogP) is 7.27. The van der Waals surface area contributed by atoms with Crippen LogP contribution in [0.4, 0.5) is 0 Å². The standard InChI is InChI=1S/C20H44Si/c1-4-7-8-9-10-11-12-13-14-15-16-17-19-21-20(6-3)18-5-2/h20H,4-19,21H2,1-3H3. The fraction of sp³-hybridized carbons (Fsp3) is 1.00. The number of rotatable bonds is 17. The van der Waals surface area contributed by atoms with Crippen LogP contribution in [0.15, 0.2) is 0 Å². The van der Waals surface area contributed by atoms with Crippen molar-refractivity contribution in [2.24, 2.45) is 0 Å². The molecule has 0 amide bonds. The zero-order valence-corrected chi connectivity index (χ0v) is 17.0. The van der Waals surface area contributed by atoms with Gasteiger partial charge in [-0.25, -0.2) is 0 Å². The van der Waals surface area contributed by atoms with Gasteiger partial charge in [0.25, 0.3) is 0 Å². The fourth-order valence-electron chi connectivity index (χ4n) is 3.41. The van der Waals surface area contributed by atoms with Crippen molar-refractivity contribution in [2.75, 3.05) is 0 Å². The maximum absolute atomic E-state index is 2.40. The average molecular weight is 313 g/mol. The summed E-state index contributed by atoms with van der Waals surface area (Å²) in [5.41, 5.74) is 1.16. The molecule has 0 aromatic carbocycles.